The zero-order valence-corrected chi connectivity index (χ0v) is 26.2. The molecular formula is C31H44N4O4S2. The summed E-state index contributed by atoms with van der Waals surface area (Å²) in [6.07, 6.45) is 11.1. The van der Waals surface area contributed by atoms with Crippen LogP contribution in [0.4, 0.5) is 5.00 Å². The van der Waals surface area contributed by atoms with Crippen molar-refractivity contribution in [2.24, 2.45) is 0 Å². The summed E-state index contributed by atoms with van der Waals surface area (Å²) in [5.41, 5.74) is 1.91. The summed E-state index contributed by atoms with van der Waals surface area (Å²) < 4.78 is 29.9. The largest absolute Gasteiger partial charge is 0.355 e. The molecule has 0 unspecified atom stereocenters. The molecule has 2 heterocycles. The Labute approximate surface area is 248 Å². The molecule has 41 heavy (non-hydrogen) atoms. The Bertz CT molecular complexity index is 1320. The van der Waals surface area contributed by atoms with Crippen molar-refractivity contribution in [1.82, 2.24) is 14.5 Å². The van der Waals surface area contributed by atoms with Gasteiger partial charge in [-0.3, -0.25) is 14.5 Å². The molecular weight excluding hydrogens is 556 g/mol. The summed E-state index contributed by atoms with van der Waals surface area (Å²) in [4.78, 5) is 29.9. The van der Waals surface area contributed by atoms with Crippen LogP contribution in [0, 0.1) is 0 Å². The van der Waals surface area contributed by atoms with Crippen LogP contribution in [0.3, 0.4) is 0 Å². The number of sulfonamides is 1. The molecule has 0 saturated heterocycles. The molecule has 0 atom stereocenters. The number of fused-ring (bicyclic) bond motifs is 1. The first-order chi connectivity index (χ1) is 19.7. The van der Waals surface area contributed by atoms with Gasteiger partial charge in [-0.25, -0.2) is 8.42 Å². The topological polar surface area (TPSA) is 98.8 Å². The van der Waals surface area contributed by atoms with Gasteiger partial charge in [0.1, 0.15) is 5.00 Å². The average molecular weight is 601 g/mol. The standard InChI is InChI=1S/C31H44N4O4S2/c1-21(2)34-19-18-26-27(20-34)40-31(28(26)30(37)32-3)33-29(36)22-14-16-25(17-15-22)41(38,39)35(23-10-6-4-7-11-23)24-12-8-5-9-13-24/h14-17,21,23-24H,4-13,18-20H2,1-3H3,(H,32,37)(H,33,36). The minimum absolute atomic E-state index is 0.0550. The Kier molecular flexibility index (Phi) is 9.53. The van der Waals surface area contributed by atoms with Crippen molar-refractivity contribution in [1.29, 1.82) is 0 Å². The molecule has 224 valence electrons. The second-order valence-electron chi connectivity index (χ2n) is 12.0. The second-order valence-corrected chi connectivity index (χ2v) is 14.9. The number of carbonyl (C=O) groups excluding carboxylic acids is 2. The molecule has 1 aliphatic heterocycles. The summed E-state index contributed by atoms with van der Waals surface area (Å²) >= 11 is 1.46. The molecule has 0 bridgehead atoms. The van der Waals surface area contributed by atoms with Crippen LogP contribution in [0.2, 0.25) is 0 Å². The minimum atomic E-state index is -3.69. The number of hydrogen-bond acceptors (Lipinski definition) is 6. The molecule has 1 aromatic heterocycles. The van der Waals surface area contributed by atoms with Gasteiger partial charge < -0.3 is 10.6 Å². The molecule has 5 rings (SSSR count). The Morgan fingerprint density at radius 2 is 1.51 bits per heavy atom. The van der Waals surface area contributed by atoms with E-state index in [9.17, 15) is 18.0 Å². The third-order valence-corrected chi connectivity index (χ3v) is 12.2. The average Bonchev–Trinajstić information content (AvgIpc) is 3.34. The highest BCUT2D eigenvalue weighted by atomic mass is 32.2. The van der Waals surface area contributed by atoms with E-state index in [0.29, 0.717) is 22.2 Å². The Hall–Kier alpha value is -2.27. The van der Waals surface area contributed by atoms with E-state index in [0.717, 1.165) is 81.3 Å². The number of hydrogen-bond donors (Lipinski definition) is 2. The van der Waals surface area contributed by atoms with Crippen molar-refractivity contribution in [3.05, 3.63) is 45.8 Å². The number of benzene rings is 1. The van der Waals surface area contributed by atoms with E-state index in [2.05, 4.69) is 29.4 Å². The van der Waals surface area contributed by atoms with Gasteiger partial charge in [-0.1, -0.05) is 38.5 Å². The molecule has 10 heteroatoms. The highest BCUT2D eigenvalue weighted by Gasteiger charge is 2.38. The smallest absolute Gasteiger partial charge is 0.256 e. The lowest BCUT2D eigenvalue weighted by atomic mass is 9.91. The van der Waals surface area contributed by atoms with Crippen molar-refractivity contribution < 1.29 is 18.0 Å². The third kappa shape index (κ3) is 6.40. The lowest BCUT2D eigenvalue weighted by molar-refractivity contribution is 0.0962. The fourth-order valence-electron chi connectivity index (χ4n) is 6.75. The summed E-state index contributed by atoms with van der Waals surface area (Å²) in [5.74, 6) is -0.558. The van der Waals surface area contributed by atoms with Gasteiger partial charge in [0.25, 0.3) is 11.8 Å². The van der Waals surface area contributed by atoms with Gasteiger partial charge in [-0.15, -0.1) is 11.3 Å². The van der Waals surface area contributed by atoms with E-state index in [1.165, 1.54) is 24.2 Å². The highest BCUT2D eigenvalue weighted by Crippen LogP contribution is 2.38. The van der Waals surface area contributed by atoms with E-state index >= 15 is 0 Å². The first-order valence-electron chi connectivity index (χ1n) is 15.3. The van der Waals surface area contributed by atoms with Gasteiger partial charge in [0.2, 0.25) is 10.0 Å². The van der Waals surface area contributed by atoms with Gasteiger partial charge in [-0.05, 0) is 75.8 Å². The molecule has 2 saturated carbocycles. The number of nitrogens with one attached hydrogen (secondary N) is 2. The van der Waals surface area contributed by atoms with E-state index in [1.807, 2.05) is 4.31 Å². The fraction of sp³-hybridized carbons (Fsp3) is 0.613. The Morgan fingerprint density at radius 3 is 2.05 bits per heavy atom. The number of carbonyl (C=O) groups is 2. The molecule has 1 aromatic carbocycles. The maximum Gasteiger partial charge on any atom is 0.256 e. The summed E-state index contributed by atoms with van der Waals surface area (Å²) in [6.45, 7) is 5.94. The third-order valence-electron chi connectivity index (χ3n) is 9.06. The molecule has 2 amide bonds. The van der Waals surface area contributed by atoms with Crippen LogP contribution in [0.25, 0.3) is 0 Å². The molecule has 8 nitrogen and oxygen atoms in total. The van der Waals surface area contributed by atoms with Crippen LogP contribution in [0.5, 0.6) is 0 Å². The lowest BCUT2D eigenvalue weighted by Crippen LogP contribution is -2.48. The van der Waals surface area contributed by atoms with E-state index < -0.39 is 10.0 Å². The molecule has 0 radical (unpaired) electrons. The van der Waals surface area contributed by atoms with E-state index in [1.54, 1.807) is 31.3 Å². The second kappa shape index (κ2) is 12.9. The zero-order chi connectivity index (χ0) is 29.1. The lowest BCUT2D eigenvalue weighted by Gasteiger charge is -2.40. The van der Waals surface area contributed by atoms with Crippen molar-refractivity contribution in [3.8, 4) is 0 Å². The number of anilines is 1. The molecule has 2 N–H and O–H groups in total. The van der Waals surface area contributed by atoms with Crippen LogP contribution in [-0.4, -0.2) is 61.2 Å². The van der Waals surface area contributed by atoms with E-state index in [-0.39, 0.29) is 28.8 Å². The van der Waals surface area contributed by atoms with Crippen molar-refractivity contribution in [2.75, 3.05) is 18.9 Å². The van der Waals surface area contributed by atoms with Crippen LogP contribution in [0.15, 0.2) is 29.2 Å². The summed E-state index contributed by atoms with van der Waals surface area (Å²) in [6, 6.07) is 6.84. The van der Waals surface area contributed by atoms with Crippen LogP contribution in [-0.2, 0) is 23.0 Å². The normalized spacial score (nSPS) is 19.3. The number of rotatable bonds is 8. The van der Waals surface area contributed by atoms with Crippen LogP contribution in [0.1, 0.15) is 109 Å². The van der Waals surface area contributed by atoms with Gasteiger partial charge in [0, 0.05) is 48.7 Å². The predicted octanol–water partition coefficient (Wildman–Crippen LogP) is 5.78. The molecule has 0 spiro atoms. The van der Waals surface area contributed by atoms with Gasteiger partial charge in [0.05, 0.1) is 10.5 Å². The van der Waals surface area contributed by atoms with Gasteiger partial charge in [0.15, 0.2) is 0 Å². The molecule has 3 aliphatic rings. The Morgan fingerprint density at radius 1 is 0.927 bits per heavy atom. The molecule has 2 aliphatic carbocycles. The summed E-state index contributed by atoms with van der Waals surface area (Å²) in [5, 5.41) is 6.24. The first-order valence-corrected chi connectivity index (χ1v) is 17.5. The minimum Gasteiger partial charge on any atom is -0.355 e. The number of nitrogens with zero attached hydrogens (tertiary/aromatic N) is 2. The van der Waals surface area contributed by atoms with Gasteiger partial charge >= 0.3 is 0 Å². The maximum atomic E-state index is 14.0. The Balaban J connectivity index is 1.37. The first kappa shape index (κ1) is 30.2. The SMILES string of the molecule is CNC(=O)c1c(NC(=O)c2ccc(S(=O)(=O)N(C3CCCCC3)C3CCCCC3)cc2)sc2c1CCN(C(C)C)C2. The fourth-order valence-corrected chi connectivity index (χ4v) is 9.95. The molecule has 2 aromatic rings. The van der Waals surface area contributed by atoms with Crippen molar-refractivity contribution in [2.45, 2.75) is 114 Å². The molecule has 2 fully saturated rings. The number of thiophene rings is 1. The maximum absolute atomic E-state index is 14.0. The predicted molar refractivity (Wildman–Crippen MR) is 164 cm³/mol. The van der Waals surface area contributed by atoms with Gasteiger partial charge in [-0.2, -0.15) is 4.31 Å². The van der Waals surface area contributed by atoms with E-state index in [4.69, 9.17) is 0 Å². The summed E-state index contributed by atoms with van der Waals surface area (Å²) in [7, 11) is -2.09. The van der Waals surface area contributed by atoms with Crippen molar-refractivity contribution >= 4 is 38.2 Å². The highest BCUT2D eigenvalue weighted by molar-refractivity contribution is 7.89. The van der Waals surface area contributed by atoms with Crippen molar-refractivity contribution in [3.63, 3.8) is 0 Å². The zero-order valence-electron chi connectivity index (χ0n) is 24.6. The van der Waals surface area contributed by atoms with Crippen LogP contribution < -0.4 is 10.6 Å². The quantitative estimate of drug-likeness (QED) is 0.400. The van der Waals surface area contributed by atoms with Crippen LogP contribution >= 0.6 is 11.3 Å². The monoisotopic (exact) mass is 600 g/mol. The number of amides is 2.